The van der Waals surface area contributed by atoms with Gasteiger partial charge in [-0.05, 0) is 5.92 Å². The van der Waals surface area contributed by atoms with Crippen molar-refractivity contribution in [2.75, 3.05) is 12.8 Å². The number of nitrogens with two attached hydrogens (primary N) is 1. The summed E-state index contributed by atoms with van der Waals surface area (Å²) in [6, 6.07) is 0. The Morgan fingerprint density at radius 3 is 3.00 bits per heavy atom. The van der Waals surface area contributed by atoms with Crippen molar-refractivity contribution in [2.45, 2.75) is 0 Å². The van der Waals surface area contributed by atoms with Crippen molar-refractivity contribution in [3.8, 4) is 11.8 Å². The van der Waals surface area contributed by atoms with Gasteiger partial charge in [0.25, 0.3) is 0 Å². The van der Waals surface area contributed by atoms with Crippen molar-refractivity contribution in [1.29, 1.82) is 0 Å². The van der Waals surface area contributed by atoms with E-state index in [1.165, 1.54) is 13.3 Å². The summed E-state index contributed by atoms with van der Waals surface area (Å²) in [5, 5.41) is 0.0569. The van der Waals surface area contributed by atoms with E-state index in [1.54, 1.807) is 0 Å². The van der Waals surface area contributed by atoms with E-state index in [0.717, 1.165) is 0 Å². The van der Waals surface area contributed by atoms with E-state index in [1.807, 2.05) is 0 Å². The molecular formula is C8H6ClN3O2. The molecular weight excluding hydrogens is 206 g/mol. The van der Waals surface area contributed by atoms with E-state index < -0.39 is 5.97 Å². The number of hydrogen-bond acceptors (Lipinski definition) is 5. The molecule has 0 radical (unpaired) electrons. The quantitative estimate of drug-likeness (QED) is 0.491. The molecule has 1 rings (SSSR count). The monoisotopic (exact) mass is 211 g/mol. The van der Waals surface area contributed by atoms with Gasteiger partial charge >= 0.3 is 5.97 Å². The Morgan fingerprint density at radius 1 is 1.71 bits per heavy atom. The number of rotatable bonds is 0. The van der Waals surface area contributed by atoms with E-state index in [2.05, 4.69) is 26.5 Å². The summed E-state index contributed by atoms with van der Waals surface area (Å²) in [4.78, 5) is 18.1. The van der Waals surface area contributed by atoms with E-state index in [4.69, 9.17) is 17.3 Å². The fourth-order valence-electron chi connectivity index (χ4n) is 0.624. The van der Waals surface area contributed by atoms with E-state index in [-0.39, 0.29) is 16.7 Å². The second-order valence-electron chi connectivity index (χ2n) is 2.18. The van der Waals surface area contributed by atoms with Crippen LogP contribution in [-0.4, -0.2) is 23.0 Å². The minimum absolute atomic E-state index is 0.0569. The van der Waals surface area contributed by atoms with Crippen molar-refractivity contribution in [1.82, 2.24) is 9.97 Å². The van der Waals surface area contributed by atoms with Crippen LogP contribution in [0.3, 0.4) is 0 Å². The summed E-state index contributed by atoms with van der Waals surface area (Å²) in [6.07, 6.45) is 1.30. The first-order valence-electron chi connectivity index (χ1n) is 3.51. The van der Waals surface area contributed by atoms with Crippen LogP contribution in [0.1, 0.15) is 5.69 Å². The Kier molecular flexibility index (Phi) is 3.26. The van der Waals surface area contributed by atoms with Crippen LogP contribution in [0.2, 0.25) is 5.15 Å². The third kappa shape index (κ3) is 2.61. The predicted molar refractivity (Wildman–Crippen MR) is 50.3 cm³/mol. The van der Waals surface area contributed by atoms with Crippen LogP contribution in [0.15, 0.2) is 6.20 Å². The van der Waals surface area contributed by atoms with Gasteiger partial charge in [-0.25, -0.2) is 14.8 Å². The molecule has 2 N–H and O–H groups in total. The molecule has 0 aliphatic carbocycles. The fourth-order valence-corrected chi connectivity index (χ4v) is 0.818. The molecule has 1 aromatic heterocycles. The molecule has 0 amide bonds. The van der Waals surface area contributed by atoms with Crippen LogP contribution in [0, 0.1) is 11.8 Å². The summed E-state index contributed by atoms with van der Waals surface area (Å²) < 4.78 is 4.31. The van der Waals surface area contributed by atoms with Gasteiger partial charge in [0, 0.05) is 5.92 Å². The number of nitrogens with zero attached hydrogens (tertiary/aromatic N) is 2. The summed E-state index contributed by atoms with van der Waals surface area (Å²) in [7, 11) is 1.23. The second kappa shape index (κ2) is 4.44. The van der Waals surface area contributed by atoms with Gasteiger partial charge in [0.1, 0.15) is 5.82 Å². The molecule has 1 aromatic rings. The van der Waals surface area contributed by atoms with Gasteiger partial charge in [-0.3, -0.25) is 0 Å². The van der Waals surface area contributed by atoms with Gasteiger partial charge in [-0.1, -0.05) is 11.6 Å². The molecule has 72 valence electrons. The smallest absolute Gasteiger partial charge is 0.384 e. The third-order valence-electron chi connectivity index (χ3n) is 1.22. The van der Waals surface area contributed by atoms with Crippen LogP contribution < -0.4 is 5.73 Å². The number of carbonyl (C=O) groups is 1. The maximum absolute atomic E-state index is 10.7. The highest BCUT2D eigenvalue weighted by Gasteiger charge is 2.00. The molecule has 1 heterocycles. The van der Waals surface area contributed by atoms with Gasteiger partial charge in [-0.2, -0.15) is 0 Å². The Hall–Kier alpha value is -1.80. The van der Waals surface area contributed by atoms with Crippen LogP contribution in [0.25, 0.3) is 0 Å². The number of ether oxygens (including phenoxy) is 1. The summed E-state index contributed by atoms with van der Waals surface area (Å²) in [5.41, 5.74) is 5.50. The molecule has 14 heavy (non-hydrogen) atoms. The van der Waals surface area contributed by atoms with Gasteiger partial charge in [0.2, 0.25) is 0 Å². The van der Waals surface area contributed by atoms with Crippen molar-refractivity contribution >= 4 is 23.4 Å². The summed E-state index contributed by atoms with van der Waals surface area (Å²) in [5.74, 6) is 4.10. The Bertz CT molecular complexity index is 422. The Labute approximate surface area is 85.2 Å². The van der Waals surface area contributed by atoms with Crippen molar-refractivity contribution in [2.24, 2.45) is 0 Å². The second-order valence-corrected chi connectivity index (χ2v) is 2.53. The number of carbonyl (C=O) groups excluding carboxylic acids is 1. The number of methoxy groups -OCH3 is 1. The minimum Gasteiger partial charge on any atom is -0.459 e. The first-order chi connectivity index (χ1) is 6.63. The topological polar surface area (TPSA) is 78.1 Å². The van der Waals surface area contributed by atoms with E-state index in [9.17, 15) is 4.79 Å². The number of nitrogen functional groups attached to an aromatic ring is 1. The van der Waals surface area contributed by atoms with Crippen molar-refractivity contribution in [3.05, 3.63) is 17.0 Å². The van der Waals surface area contributed by atoms with Crippen molar-refractivity contribution < 1.29 is 9.53 Å². The zero-order valence-corrected chi connectivity index (χ0v) is 8.00. The van der Waals surface area contributed by atoms with Crippen LogP contribution >= 0.6 is 11.6 Å². The molecule has 0 aromatic carbocycles. The summed E-state index contributed by atoms with van der Waals surface area (Å²) >= 11 is 5.65. The first kappa shape index (κ1) is 10.3. The molecule has 0 spiro atoms. The number of halogens is 1. The SMILES string of the molecule is COC(=O)C#Cc1ncc(N)nc1Cl. The fraction of sp³-hybridized carbons (Fsp3) is 0.125. The molecule has 0 atom stereocenters. The van der Waals surface area contributed by atoms with Crippen LogP contribution in [0.5, 0.6) is 0 Å². The lowest BCUT2D eigenvalue weighted by Crippen LogP contribution is -1.97. The molecule has 5 nitrogen and oxygen atoms in total. The zero-order valence-electron chi connectivity index (χ0n) is 7.24. The standard InChI is InChI=1S/C8H6ClN3O2/c1-14-7(13)3-2-5-8(9)12-6(10)4-11-5/h4H,1H3,(H2,10,12). The highest BCUT2D eigenvalue weighted by atomic mass is 35.5. The summed E-state index contributed by atoms with van der Waals surface area (Å²) in [6.45, 7) is 0. The van der Waals surface area contributed by atoms with Crippen molar-refractivity contribution in [3.63, 3.8) is 0 Å². The van der Waals surface area contributed by atoms with Crippen LogP contribution in [-0.2, 0) is 9.53 Å². The average molecular weight is 212 g/mol. The average Bonchev–Trinajstić information content (AvgIpc) is 2.16. The van der Waals surface area contributed by atoms with Crippen LogP contribution in [0.4, 0.5) is 5.82 Å². The number of esters is 1. The third-order valence-corrected chi connectivity index (χ3v) is 1.48. The van der Waals surface area contributed by atoms with Gasteiger partial charge in [-0.15, -0.1) is 0 Å². The Balaban J connectivity index is 2.96. The lowest BCUT2D eigenvalue weighted by Gasteiger charge is -1.94. The number of aromatic nitrogens is 2. The number of anilines is 1. The maximum atomic E-state index is 10.7. The van der Waals surface area contributed by atoms with Gasteiger partial charge in [0.05, 0.1) is 13.3 Å². The molecule has 0 unspecified atom stereocenters. The van der Waals surface area contributed by atoms with Gasteiger partial charge in [0.15, 0.2) is 10.8 Å². The largest absolute Gasteiger partial charge is 0.459 e. The Morgan fingerprint density at radius 2 is 2.43 bits per heavy atom. The first-order valence-corrected chi connectivity index (χ1v) is 3.89. The molecule has 0 saturated heterocycles. The maximum Gasteiger partial charge on any atom is 0.384 e. The van der Waals surface area contributed by atoms with E-state index >= 15 is 0 Å². The highest BCUT2D eigenvalue weighted by molar-refractivity contribution is 6.30. The lowest BCUT2D eigenvalue weighted by atomic mass is 10.4. The molecule has 0 fully saturated rings. The lowest BCUT2D eigenvalue weighted by molar-refractivity contribution is -0.133. The number of hydrogen-bond donors (Lipinski definition) is 1. The molecule has 0 aliphatic heterocycles. The van der Waals surface area contributed by atoms with E-state index in [0.29, 0.717) is 0 Å². The highest BCUT2D eigenvalue weighted by Crippen LogP contribution is 2.09. The minimum atomic E-state index is -0.667. The molecule has 0 saturated carbocycles. The molecule has 0 bridgehead atoms. The van der Waals surface area contributed by atoms with Gasteiger partial charge < -0.3 is 10.5 Å². The molecule has 6 heteroatoms. The predicted octanol–water partition coefficient (Wildman–Crippen LogP) is 0.237. The normalized spacial score (nSPS) is 8.71. The zero-order chi connectivity index (χ0) is 10.6. The molecule has 0 aliphatic rings.